The smallest absolute Gasteiger partial charge is 0.410 e. The molecule has 2 atom stereocenters. The highest BCUT2D eigenvalue weighted by atomic mass is 16.6. The van der Waals surface area contributed by atoms with Gasteiger partial charge in [0.05, 0.1) is 45.5 Å². The summed E-state index contributed by atoms with van der Waals surface area (Å²) in [4.78, 5) is 14.7. The van der Waals surface area contributed by atoms with Gasteiger partial charge in [-0.25, -0.2) is 4.79 Å². The highest BCUT2D eigenvalue weighted by Crippen LogP contribution is 2.20. The van der Waals surface area contributed by atoms with Gasteiger partial charge in [0.15, 0.2) is 0 Å². The molecule has 0 unspecified atom stereocenters. The fourth-order valence-electron chi connectivity index (χ4n) is 3.16. The SMILES string of the molecule is CCOC(=O)N1CC[NH+](C[C@@H](O)CO[C@@H](CC)c2ccccc2)CC1. The van der Waals surface area contributed by atoms with E-state index in [0.29, 0.717) is 32.8 Å². The van der Waals surface area contributed by atoms with E-state index in [0.717, 1.165) is 25.1 Å². The molecule has 25 heavy (non-hydrogen) atoms. The second kappa shape index (κ2) is 10.4. The number of hydrogen-bond donors (Lipinski definition) is 2. The van der Waals surface area contributed by atoms with Crippen LogP contribution in [0.4, 0.5) is 4.79 Å². The first-order valence-electron chi connectivity index (χ1n) is 9.23. The van der Waals surface area contributed by atoms with E-state index < -0.39 is 6.10 Å². The van der Waals surface area contributed by atoms with Crippen molar-refractivity contribution >= 4 is 6.09 Å². The van der Waals surface area contributed by atoms with Gasteiger partial charge in [-0.05, 0) is 18.9 Å². The number of amides is 1. The third kappa shape index (κ3) is 6.30. The Morgan fingerprint density at radius 2 is 1.92 bits per heavy atom. The quantitative estimate of drug-likeness (QED) is 0.730. The molecule has 1 amide bonds. The van der Waals surface area contributed by atoms with Crippen LogP contribution in [-0.4, -0.2) is 68.1 Å². The Morgan fingerprint density at radius 1 is 1.24 bits per heavy atom. The van der Waals surface area contributed by atoms with E-state index in [9.17, 15) is 9.90 Å². The number of hydrogen-bond acceptors (Lipinski definition) is 4. The van der Waals surface area contributed by atoms with Crippen molar-refractivity contribution in [2.45, 2.75) is 32.5 Å². The number of nitrogens with one attached hydrogen (secondary N) is 1. The summed E-state index contributed by atoms with van der Waals surface area (Å²) < 4.78 is 10.9. The fourth-order valence-corrected chi connectivity index (χ4v) is 3.16. The minimum atomic E-state index is -0.498. The summed E-state index contributed by atoms with van der Waals surface area (Å²) in [5.41, 5.74) is 1.15. The molecule has 6 heteroatoms. The van der Waals surface area contributed by atoms with Gasteiger partial charge in [-0.2, -0.15) is 0 Å². The van der Waals surface area contributed by atoms with Crippen LogP contribution in [0.1, 0.15) is 31.9 Å². The molecule has 2 rings (SSSR count). The van der Waals surface area contributed by atoms with Gasteiger partial charge >= 0.3 is 6.09 Å². The van der Waals surface area contributed by atoms with E-state index in [1.54, 1.807) is 4.90 Å². The summed E-state index contributed by atoms with van der Waals surface area (Å²) in [6, 6.07) is 10.1. The number of ether oxygens (including phenoxy) is 2. The number of nitrogens with zero attached hydrogens (tertiary/aromatic N) is 1. The average molecular weight is 351 g/mol. The lowest BCUT2D eigenvalue weighted by Crippen LogP contribution is -3.15. The van der Waals surface area contributed by atoms with Crippen molar-refractivity contribution in [1.82, 2.24) is 4.90 Å². The molecule has 0 aromatic heterocycles. The molecular weight excluding hydrogens is 320 g/mol. The molecule has 0 bridgehead atoms. The Hall–Kier alpha value is -1.63. The molecule has 1 fully saturated rings. The molecule has 1 aromatic carbocycles. The molecule has 140 valence electrons. The molecule has 0 spiro atoms. The van der Waals surface area contributed by atoms with Gasteiger partial charge in [-0.15, -0.1) is 0 Å². The minimum Gasteiger partial charge on any atom is -0.450 e. The van der Waals surface area contributed by atoms with Gasteiger partial charge in [0.25, 0.3) is 0 Å². The van der Waals surface area contributed by atoms with Gasteiger partial charge in [0.1, 0.15) is 12.6 Å². The number of carbonyl (C=O) groups excluding carboxylic acids is 1. The number of rotatable bonds is 8. The lowest BCUT2D eigenvalue weighted by Gasteiger charge is -2.32. The lowest BCUT2D eigenvalue weighted by atomic mass is 10.1. The number of piperazine rings is 1. The summed E-state index contributed by atoms with van der Waals surface area (Å²) >= 11 is 0. The van der Waals surface area contributed by atoms with E-state index >= 15 is 0 Å². The minimum absolute atomic E-state index is 0.0199. The van der Waals surface area contributed by atoms with E-state index in [4.69, 9.17) is 9.47 Å². The van der Waals surface area contributed by atoms with Gasteiger partial charge < -0.3 is 19.5 Å². The van der Waals surface area contributed by atoms with Crippen molar-refractivity contribution in [2.75, 3.05) is 45.9 Å². The van der Waals surface area contributed by atoms with Crippen molar-refractivity contribution < 1.29 is 24.3 Å². The molecule has 1 aliphatic rings. The third-order valence-corrected chi connectivity index (χ3v) is 4.55. The van der Waals surface area contributed by atoms with Crippen molar-refractivity contribution in [3.63, 3.8) is 0 Å². The summed E-state index contributed by atoms with van der Waals surface area (Å²) in [6.45, 7) is 8.27. The molecule has 1 aromatic rings. The Kier molecular flexibility index (Phi) is 8.18. The molecule has 1 aliphatic heterocycles. The zero-order chi connectivity index (χ0) is 18.1. The maximum atomic E-state index is 11.7. The van der Waals surface area contributed by atoms with E-state index in [2.05, 4.69) is 19.1 Å². The molecule has 0 saturated carbocycles. The Labute approximate surface area is 150 Å². The molecule has 1 saturated heterocycles. The van der Waals surface area contributed by atoms with Crippen LogP contribution in [0.5, 0.6) is 0 Å². The van der Waals surface area contributed by atoms with Crippen LogP contribution in [0.3, 0.4) is 0 Å². The molecule has 2 N–H and O–H groups in total. The highest BCUT2D eigenvalue weighted by molar-refractivity contribution is 5.67. The van der Waals surface area contributed by atoms with Gasteiger partial charge in [-0.1, -0.05) is 37.3 Å². The third-order valence-electron chi connectivity index (χ3n) is 4.55. The van der Waals surface area contributed by atoms with Crippen molar-refractivity contribution in [2.24, 2.45) is 0 Å². The fraction of sp³-hybridized carbons (Fsp3) is 0.632. The van der Waals surface area contributed by atoms with Crippen molar-refractivity contribution in [3.8, 4) is 0 Å². The van der Waals surface area contributed by atoms with Crippen molar-refractivity contribution in [3.05, 3.63) is 35.9 Å². The summed E-state index contributed by atoms with van der Waals surface area (Å²) in [7, 11) is 0. The van der Waals surface area contributed by atoms with Crippen molar-refractivity contribution in [1.29, 1.82) is 0 Å². The Bertz CT molecular complexity index is 503. The summed E-state index contributed by atoms with van der Waals surface area (Å²) in [6.07, 6.45) is 0.162. The van der Waals surface area contributed by atoms with Crippen LogP contribution in [-0.2, 0) is 9.47 Å². The molecular formula is C19H31N2O4+. The van der Waals surface area contributed by atoms with Crippen LogP contribution in [0.15, 0.2) is 30.3 Å². The Balaban J connectivity index is 1.70. The van der Waals surface area contributed by atoms with Crippen LogP contribution < -0.4 is 4.90 Å². The standard InChI is InChI=1S/C19H30N2O4/c1-3-18(16-8-6-5-7-9-16)25-15-17(22)14-20-10-12-21(13-11-20)19(23)24-4-2/h5-9,17-18,22H,3-4,10-15H2,1-2H3/p+1/t17-,18+/m1/s1. The van der Waals surface area contributed by atoms with E-state index in [-0.39, 0.29) is 12.2 Å². The van der Waals surface area contributed by atoms with Gasteiger partial charge in [0, 0.05) is 0 Å². The second-order valence-electron chi connectivity index (χ2n) is 6.43. The number of aliphatic hydroxyl groups is 1. The molecule has 6 nitrogen and oxygen atoms in total. The zero-order valence-electron chi connectivity index (χ0n) is 15.3. The molecule has 0 radical (unpaired) electrons. The predicted octanol–water partition coefficient (Wildman–Crippen LogP) is 0.872. The van der Waals surface area contributed by atoms with Gasteiger partial charge in [-0.3, -0.25) is 4.90 Å². The first-order valence-corrected chi connectivity index (χ1v) is 9.23. The number of aliphatic hydroxyl groups excluding tert-OH is 1. The maximum absolute atomic E-state index is 11.7. The zero-order valence-corrected chi connectivity index (χ0v) is 15.3. The molecule has 0 aliphatic carbocycles. The first kappa shape index (κ1) is 19.7. The van der Waals surface area contributed by atoms with Crippen LogP contribution in [0.25, 0.3) is 0 Å². The average Bonchev–Trinajstić information content (AvgIpc) is 2.64. The normalized spacial score (nSPS) is 18.0. The monoisotopic (exact) mass is 351 g/mol. The molecule has 1 heterocycles. The van der Waals surface area contributed by atoms with Crippen LogP contribution in [0, 0.1) is 0 Å². The Morgan fingerprint density at radius 3 is 2.52 bits per heavy atom. The summed E-state index contributed by atoms with van der Waals surface area (Å²) in [5.74, 6) is 0. The topological polar surface area (TPSA) is 63.4 Å². The largest absolute Gasteiger partial charge is 0.450 e. The van der Waals surface area contributed by atoms with Crippen LogP contribution >= 0.6 is 0 Å². The number of benzene rings is 1. The number of quaternary nitrogens is 1. The van der Waals surface area contributed by atoms with Crippen LogP contribution in [0.2, 0.25) is 0 Å². The van der Waals surface area contributed by atoms with E-state index in [1.165, 1.54) is 4.90 Å². The predicted molar refractivity (Wildman–Crippen MR) is 95.6 cm³/mol. The highest BCUT2D eigenvalue weighted by Gasteiger charge is 2.26. The maximum Gasteiger partial charge on any atom is 0.410 e. The second-order valence-corrected chi connectivity index (χ2v) is 6.43. The lowest BCUT2D eigenvalue weighted by molar-refractivity contribution is -0.907. The van der Waals surface area contributed by atoms with Gasteiger partial charge in [0.2, 0.25) is 0 Å². The van der Waals surface area contributed by atoms with E-state index in [1.807, 2.05) is 25.1 Å². The first-order chi connectivity index (χ1) is 12.1. The summed E-state index contributed by atoms with van der Waals surface area (Å²) in [5, 5.41) is 10.3. The number of carbonyl (C=O) groups is 1.